The number of nitro benzene ring substituents is 1. The van der Waals surface area contributed by atoms with Crippen LogP contribution in [0, 0.1) is 22.0 Å². The van der Waals surface area contributed by atoms with E-state index in [0.717, 1.165) is 12.3 Å². The number of nitro groups is 1. The van der Waals surface area contributed by atoms with Crippen LogP contribution in [0.4, 0.5) is 11.4 Å². The topological polar surface area (TPSA) is 98.3 Å². The predicted octanol–water partition coefficient (Wildman–Crippen LogP) is 2.10. The average molecular weight is 275 g/mol. The molecule has 0 saturated heterocycles. The molecular weight excluding hydrogens is 258 g/mol. The minimum atomic E-state index is -0.566. The molecule has 2 aliphatic carbocycles. The summed E-state index contributed by atoms with van der Waals surface area (Å²) in [5, 5.41) is 13.8. The van der Waals surface area contributed by atoms with Gasteiger partial charge in [-0.15, -0.1) is 0 Å². The second-order valence-electron chi connectivity index (χ2n) is 5.75. The van der Waals surface area contributed by atoms with E-state index in [9.17, 15) is 14.9 Å². The summed E-state index contributed by atoms with van der Waals surface area (Å²) in [7, 11) is 0. The Kier molecular flexibility index (Phi) is 3.08. The number of carbonyl (C=O) groups excluding carboxylic acids is 1. The number of nitrogens with zero attached hydrogens (tertiary/aromatic N) is 1. The van der Waals surface area contributed by atoms with Crippen molar-refractivity contribution in [2.75, 3.05) is 5.73 Å². The maximum Gasteiger partial charge on any atom is 0.292 e. The van der Waals surface area contributed by atoms with Crippen LogP contribution in [-0.4, -0.2) is 16.9 Å². The zero-order chi connectivity index (χ0) is 14.3. The third-order valence-electron chi connectivity index (χ3n) is 4.58. The SMILES string of the molecule is Nc1c(C(=O)NC2CC3CCC2C3)cccc1[N+](=O)[O-]. The van der Waals surface area contributed by atoms with Gasteiger partial charge in [-0.1, -0.05) is 12.5 Å². The zero-order valence-corrected chi connectivity index (χ0v) is 11.0. The maximum absolute atomic E-state index is 12.3. The molecule has 1 amide bonds. The van der Waals surface area contributed by atoms with Crippen LogP contribution in [0.5, 0.6) is 0 Å². The lowest BCUT2D eigenvalue weighted by atomic mass is 9.95. The van der Waals surface area contributed by atoms with Gasteiger partial charge in [0.05, 0.1) is 10.5 Å². The number of nitrogen functional groups attached to an aromatic ring is 1. The van der Waals surface area contributed by atoms with Gasteiger partial charge in [0.1, 0.15) is 5.69 Å². The van der Waals surface area contributed by atoms with Gasteiger partial charge in [-0.3, -0.25) is 14.9 Å². The van der Waals surface area contributed by atoms with Crippen LogP contribution in [-0.2, 0) is 0 Å². The first kappa shape index (κ1) is 12.9. The largest absolute Gasteiger partial charge is 0.393 e. The van der Waals surface area contributed by atoms with E-state index in [1.165, 1.54) is 37.5 Å². The highest BCUT2D eigenvalue weighted by atomic mass is 16.6. The zero-order valence-electron chi connectivity index (χ0n) is 11.0. The number of fused-ring (bicyclic) bond motifs is 2. The third kappa shape index (κ3) is 2.11. The lowest BCUT2D eigenvalue weighted by molar-refractivity contribution is -0.383. The molecule has 6 heteroatoms. The number of hydrogen-bond acceptors (Lipinski definition) is 4. The molecule has 0 heterocycles. The van der Waals surface area contributed by atoms with E-state index in [-0.39, 0.29) is 28.9 Å². The first-order valence-corrected chi connectivity index (χ1v) is 6.90. The van der Waals surface area contributed by atoms with E-state index < -0.39 is 4.92 Å². The lowest BCUT2D eigenvalue weighted by Crippen LogP contribution is -2.38. The molecule has 3 unspecified atom stereocenters. The van der Waals surface area contributed by atoms with Crippen LogP contribution < -0.4 is 11.1 Å². The summed E-state index contributed by atoms with van der Waals surface area (Å²) < 4.78 is 0. The molecule has 2 aliphatic rings. The molecular formula is C14H17N3O3. The monoisotopic (exact) mass is 275 g/mol. The lowest BCUT2D eigenvalue weighted by Gasteiger charge is -2.23. The number of para-hydroxylation sites is 1. The first-order chi connectivity index (χ1) is 9.56. The van der Waals surface area contributed by atoms with Crippen molar-refractivity contribution in [3.63, 3.8) is 0 Å². The van der Waals surface area contributed by atoms with E-state index in [4.69, 9.17) is 5.73 Å². The van der Waals surface area contributed by atoms with Gasteiger partial charge in [0.2, 0.25) is 0 Å². The highest BCUT2D eigenvalue weighted by Crippen LogP contribution is 2.44. The molecule has 0 aliphatic heterocycles. The van der Waals surface area contributed by atoms with Gasteiger partial charge in [-0.2, -0.15) is 0 Å². The van der Waals surface area contributed by atoms with Gasteiger partial charge in [0.15, 0.2) is 0 Å². The molecule has 2 bridgehead atoms. The first-order valence-electron chi connectivity index (χ1n) is 6.90. The molecule has 1 aromatic rings. The number of hydrogen-bond donors (Lipinski definition) is 2. The molecule has 106 valence electrons. The summed E-state index contributed by atoms with van der Waals surface area (Å²) in [6.07, 6.45) is 4.64. The van der Waals surface area contributed by atoms with Crippen LogP contribution in [0.3, 0.4) is 0 Å². The maximum atomic E-state index is 12.3. The van der Waals surface area contributed by atoms with Gasteiger partial charge >= 0.3 is 0 Å². The Morgan fingerprint density at radius 1 is 1.35 bits per heavy atom. The van der Waals surface area contributed by atoms with Crippen molar-refractivity contribution in [1.29, 1.82) is 0 Å². The second-order valence-corrected chi connectivity index (χ2v) is 5.75. The van der Waals surface area contributed by atoms with Crippen molar-refractivity contribution < 1.29 is 9.72 Å². The van der Waals surface area contributed by atoms with Crippen LogP contribution in [0.2, 0.25) is 0 Å². The van der Waals surface area contributed by atoms with Crippen molar-refractivity contribution in [1.82, 2.24) is 5.32 Å². The molecule has 20 heavy (non-hydrogen) atoms. The van der Waals surface area contributed by atoms with E-state index in [1.54, 1.807) is 0 Å². The fraction of sp³-hybridized carbons (Fsp3) is 0.500. The predicted molar refractivity (Wildman–Crippen MR) is 74.2 cm³/mol. The fourth-order valence-corrected chi connectivity index (χ4v) is 3.58. The Balaban J connectivity index is 1.77. The van der Waals surface area contributed by atoms with E-state index in [1.807, 2.05) is 0 Å². The quantitative estimate of drug-likeness (QED) is 0.501. The minimum absolute atomic E-state index is 0.0573. The number of carbonyl (C=O) groups is 1. The van der Waals surface area contributed by atoms with Crippen molar-refractivity contribution in [3.8, 4) is 0 Å². The molecule has 2 saturated carbocycles. The molecule has 0 spiro atoms. The number of nitrogens with two attached hydrogens (primary N) is 1. The number of rotatable bonds is 3. The molecule has 2 fully saturated rings. The second kappa shape index (κ2) is 4.77. The molecule has 3 atom stereocenters. The van der Waals surface area contributed by atoms with Crippen LogP contribution in [0.25, 0.3) is 0 Å². The summed E-state index contributed by atoms with van der Waals surface area (Å²) in [5.41, 5.74) is 5.65. The molecule has 0 radical (unpaired) electrons. The van der Waals surface area contributed by atoms with Crippen molar-refractivity contribution in [3.05, 3.63) is 33.9 Å². The molecule has 6 nitrogen and oxygen atoms in total. The van der Waals surface area contributed by atoms with Gasteiger partial charge in [-0.25, -0.2) is 0 Å². The fourth-order valence-electron chi connectivity index (χ4n) is 3.58. The number of benzene rings is 1. The average Bonchev–Trinajstić information content (AvgIpc) is 3.00. The van der Waals surface area contributed by atoms with Crippen LogP contribution in [0.1, 0.15) is 36.0 Å². The Bertz CT molecular complexity index is 573. The molecule has 3 rings (SSSR count). The van der Waals surface area contributed by atoms with E-state index >= 15 is 0 Å². The Hall–Kier alpha value is -2.11. The van der Waals surface area contributed by atoms with Crippen LogP contribution in [0.15, 0.2) is 18.2 Å². The highest BCUT2D eigenvalue weighted by molar-refractivity contribution is 6.01. The molecule has 0 aromatic heterocycles. The number of nitrogens with one attached hydrogen (secondary N) is 1. The molecule has 1 aromatic carbocycles. The summed E-state index contributed by atoms with van der Waals surface area (Å²) in [6, 6.07) is 4.53. The van der Waals surface area contributed by atoms with Gasteiger partial charge in [0.25, 0.3) is 11.6 Å². The Morgan fingerprint density at radius 2 is 2.15 bits per heavy atom. The Labute approximate surface area is 116 Å². The highest BCUT2D eigenvalue weighted by Gasteiger charge is 2.40. The summed E-state index contributed by atoms with van der Waals surface area (Å²) >= 11 is 0. The van der Waals surface area contributed by atoms with Gasteiger partial charge < -0.3 is 11.1 Å². The Morgan fingerprint density at radius 3 is 2.75 bits per heavy atom. The van der Waals surface area contributed by atoms with Crippen molar-refractivity contribution in [2.24, 2.45) is 11.8 Å². The van der Waals surface area contributed by atoms with E-state index in [0.29, 0.717) is 5.92 Å². The van der Waals surface area contributed by atoms with Crippen molar-refractivity contribution in [2.45, 2.75) is 31.7 Å². The van der Waals surface area contributed by atoms with Crippen molar-refractivity contribution >= 4 is 17.3 Å². The number of anilines is 1. The van der Waals surface area contributed by atoms with E-state index in [2.05, 4.69) is 5.32 Å². The van der Waals surface area contributed by atoms with Crippen LogP contribution >= 0.6 is 0 Å². The summed E-state index contributed by atoms with van der Waals surface area (Å²) in [5.74, 6) is 0.986. The van der Waals surface area contributed by atoms with Gasteiger partial charge in [-0.05, 0) is 37.2 Å². The van der Waals surface area contributed by atoms with Gasteiger partial charge in [0, 0.05) is 12.1 Å². The minimum Gasteiger partial charge on any atom is -0.393 e. The summed E-state index contributed by atoms with van der Waals surface area (Å²) in [6.45, 7) is 0. The molecule has 3 N–H and O–H groups in total. The standard InChI is InChI=1S/C14H17N3O3/c15-13-10(2-1-3-12(13)17(19)20)14(18)16-11-7-8-4-5-9(11)6-8/h1-3,8-9,11H,4-7,15H2,(H,16,18). The summed E-state index contributed by atoms with van der Waals surface area (Å²) in [4.78, 5) is 22.5. The third-order valence-corrected chi connectivity index (χ3v) is 4.58. The normalized spacial score (nSPS) is 27.5. The smallest absolute Gasteiger partial charge is 0.292 e. The number of amides is 1.